The van der Waals surface area contributed by atoms with E-state index >= 15 is 0 Å². The Kier molecular flexibility index (Phi) is 5.38. The number of likely N-dealkylation sites (tertiary alicyclic amines) is 1. The predicted molar refractivity (Wildman–Crippen MR) is 101 cm³/mol. The Hall–Kier alpha value is -2.09. The number of pyridine rings is 1. The molecule has 136 valence electrons. The topological polar surface area (TPSA) is 67.1 Å². The Morgan fingerprint density at radius 2 is 2.08 bits per heavy atom. The molecule has 4 rings (SSSR count). The largest absolute Gasteiger partial charge is 0.394 e. The van der Waals surface area contributed by atoms with E-state index in [1.54, 1.807) is 17.5 Å². The molecular weight excluding hydrogens is 346 g/mol. The molecule has 1 aliphatic rings. The van der Waals surface area contributed by atoms with E-state index in [1.165, 1.54) is 17.7 Å². The lowest BCUT2D eigenvalue weighted by atomic mass is 10.1. The van der Waals surface area contributed by atoms with E-state index in [1.807, 2.05) is 23.0 Å². The fourth-order valence-corrected chi connectivity index (χ4v) is 4.27. The van der Waals surface area contributed by atoms with Gasteiger partial charge in [-0.1, -0.05) is 12.1 Å². The summed E-state index contributed by atoms with van der Waals surface area (Å²) < 4.78 is 1.87. The first-order valence-electron chi connectivity index (χ1n) is 9.06. The lowest BCUT2D eigenvalue weighted by Crippen LogP contribution is -2.29. The lowest BCUT2D eigenvalue weighted by molar-refractivity contribution is 0.241. The summed E-state index contributed by atoms with van der Waals surface area (Å²) in [5.41, 5.74) is 1.13. The zero-order chi connectivity index (χ0) is 17.8. The van der Waals surface area contributed by atoms with Crippen LogP contribution in [0.4, 0.5) is 0 Å². The Balaban J connectivity index is 1.72. The maximum absolute atomic E-state index is 9.52. The molecule has 0 radical (unpaired) electrons. The molecule has 3 aromatic rings. The standard InChI is InChI=1S/C19H23N5OS/c25-11-10-24-19(21-17(22-24)13-16-6-4-12-26-16)18(23-8-1-2-9-23)15-5-3-7-20-14-15/h3-7,12,14,18,25H,1-2,8-11,13H2. The van der Waals surface area contributed by atoms with Crippen LogP contribution in [0.15, 0.2) is 42.0 Å². The van der Waals surface area contributed by atoms with Gasteiger partial charge < -0.3 is 5.11 Å². The van der Waals surface area contributed by atoms with Crippen LogP contribution in [0.3, 0.4) is 0 Å². The van der Waals surface area contributed by atoms with Gasteiger partial charge in [-0.05, 0) is 49.0 Å². The maximum Gasteiger partial charge on any atom is 0.156 e. The average Bonchev–Trinajstić information content (AvgIpc) is 3.41. The predicted octanol–water partition coefficient (Wildman–Crippen LogP) is 2.50. The van der Waals surface area contributed by atoms with Gasteiger partial charge in [0.15, 0.2) is 5.82 Å². The van der Waals surface area contributed by atoms with Gasteiger partial charge in [-0.2, -0.15) is 5.10 Å². The van der Waals surface area contributed by atoms with Crippen molar-refractivity contribution in [3.05, 3.63) is 64.1 Å². The van der Waals surface area contributed by atoms with Crippen molar-refractivity contribution in [3.8, 4) is 0 Å². The third-order valence-electron chi connectivity index (χ3n) is 4.72. The third kappa shape index (κ3) is 3.70. The van der Waals surface area contributed by atoms with Crippen molar-refractivity contribution in [2.24, 2.45) is 0 Å². The minimum atomic E-state index is 0.0299. The van der Waals surface area contributed by atoms with Crippen LogP contribution in [0.5, 0.6) is 0 Å². The van der Waals surface area contributed by atoms with E-state index < -0.39 is 0 Å². The summed E-state index contributed by atoms with van der Waals surface area (Å²) in [7, 11) is 0. The maximum atomic E-state index is 9.52. The smallest absolute Gasteiger partial charge is 0.156 e. The molecule has 3 aromatic heterocycles. The second kappa shape index (κ2) is 8.07. The first kappa shape index (κ1) is 17.3. The van der Waals surface area contributed by atoms with Crippen LogP contribution in [0.1, 0.15) is 41.0 Å². The highest BCUT2D eigenvalue weighted by molar-refractivity contribution is 7.09. The number of hydrogen-bond acceptors (Lipinski definition) is 6. The van der Waals surface area contributed by atoms with Gasteiger partial charge in [-0.3, -0.25) is 9.88 Å². The molecule has 0 saturated carbocycles. The van der Waals surface area contributed by atoms with Gasteiger partial charge in [0.25, 0.3) is 0 Å². The molecule has 4 heterocycles. The van der Waals surface area contributed by atoms with Gasteiger partial charge in [0.1, 0.15) is 5.82 Å². The normalized spacial score (nSPS) is 16.2. The average molecular weight is 369 g/mol. The van der Waals surface area contributed by atoms with Crippen LogP contribution in [-0.4, -0.2) is 49.5 Å². The molecular formula is C19H23N5OS. The van der Waals surface area contributed by atoms with Crippen LogP contribution in [-0.2, 0) is 13.0 Å². The molecule has 1 atom stereocenters. The van der Waals surface area contributed by atoms with E-state index in [0.717, 1.165) is 36.7 Å². The minimum absolute atomic E-state index is 0.0299. The summed E-state index contributed by atoms with van der Waals surface area (Å²) in [5.74, 6) is 1.71. The highest BCUT2D eigenvalue weighted by Crippen LogP contribution is 2.30. The molecule has 0 spiro atoms. The number of aliphatic hydroxyl groups excluding tert-OH is 1. The molecule has 1 fully saturated rings. The van der Waals surface area contributed by atoms with Crippen molar-refractivity contribution in [3.63, 3.8) is 0 Å². The highest BCUT2D eigenvalue weighted by Gasteiger charge is 2.30. The van der Waals surface area contributed by atoms with Crippen molar-refractivity contribution < 1.29 is 5.11 Å². The Morgan fingerprint density at radius 1 is 1.19 bits per heavy atom. The summed E-state index contributed by atoms with van der Waals surface area (Å²) in [4.78, 5) is 12.9. The quantitative estimate of drug-likeness (QED) is 0.693. The Bertz CT molecular complexity index is 812. The van der Waals surface area contributed by atoms with Gasteiger partial charge in [0.05, 0.1) is 19.2 Å². The summed E-state index contributed by atoms with van der Waals surface area (Å²) in [6, 6.07) is 8.26. The zero-order valence-electron chi connectivity index (χ0n) is 14.7. The van der Waals surface area contributed by atoms with Crippen LogP contribution in [0, 0.1) is 0 Å². The molecule has 0 bridgehead atoms. The Labute approximate surface area is 157 Å². The number of thiophene rings is 1. The van der Waals surface area contributed by atoms with E-state index in [4.69, 9.17) is 10.1 Å². The lowest BCUT2D eigenvalue weighted by Gasteiger charge is -2.27. The molecule has 1 unspecified atom stereocenters. The Morgan fingerprint density at radius 3 is 2.77 bits per heavy atom. The van der Waals surface area contributed by atoms with Gasteiger partial charge in [-0.15, -0.1) is 11.3 Å². The fourth-order valence-electron chi connectivity index (χ4n) is 3.57. The fraction of sp³-hybridized carbons (Fsp3) is 0.421. The van der Waals surface area contributed by atoms with Crippen LogP contribution in [0.2, 0.25) is 0 Å². The van der Waals surface area contributed by atoms with E-state index in [-0.39, 0.29) is 12.6 Å². The van der Waals surface area contributed by atoms with Crippen molar-refractivity contribution >= 4 is 11.3 Å². The first-order valence-corrected chi connectivity index (χ1v) is 9.94. The van der Waals surface area contributed by atoms with E-state index in [9.17, 15) is 5.11 Å². The van der Waals surface area contributed by atoms with Crippen LogP contribution in [0.25, 0.3) is 0 Å². The molecule has 0 aliphatic carbocycles. The van der Waals surface area contributed by atoms with E-state index in [2.05, 4.69) is 27.4 Å². The number of aliphatic hydroxyl groups is 1. The van der Waals surface area contributed by atoms with Crippen molar-refractivity contribution in [2.45, 2.75) is 31.8 Å². The number of hydrogen-bond donors (Lipinski definition) is 1. The number of aromatic nitrogens is 4. The SMILES string of the molecule is OCCn1nc(Cc2cccs2)nc1C(c1cccnc1)N1CCCC1. The summed E-state index contributed by atoms with van der Waals surface area (Å²) in [6.07, 6.45) is 6.84. The molecule has 7 heteroatoms. The van der Waals surface area contributed by atoms with Crippen molar-refractivity contribution in [2.75, 3.05) is 19.7 Å². The van der Waals surface area contributed by atoms with Crippen LogP contribution >= 0.6 is 11.3 Å². The van der Waals surface area contributed by atoms with Gasteiger partial charge in [-0.25, -0.2) is 9.67 Å². The number of rotatable bonds is 7. The molecule has 1 saturated heterocycles. The summed E-state index contributed by atoms with van der Waals surface area (Å²) in [6.45, 7) is 2.60. The second-order valence-corrected chi connectivity index (χ2v) is 7.55. The van der Waals surface area contributed by atoms with Gasteiger partial charge in [0, 0.05) is 23.7 Å². The second-order valence-electron chi connectivity index (χ2n) is 6.52. The minimum Gasteiger partial charge on any atom is -0.394 e. The molecule has 1 N–H and O–H groups in total. The highest BCUT2D eigenvalue weighted by atomic mass is 32.1. The zero-order valence-corrected chi connectivity index (χ0v) is 15.5. The first-order chi connectivity index (χ1) is 12.8. The van der Waals surface area contributed by atoms with Gasteiger partial charge in [0.2, 0.25) is 0 Å². The monoisotopic (exact) mass is 369 g/mol. The van der Waals surface area contributed by atoms with Crippen molar-refractivity contribution in [1.29, 1.82) is 0 Å². The van der Waals surface area contributed by atoms with Crippen molar-refractivity contribution in [1.82, 2.24) is 24.6 Å². The molecule has 6 nitrogen and oxygen atoms in total. The molecule has 1 aliphatic heterocycles. The third-order valence-corrected chi connectivity index (χ3v) is 5.60. The van der Waals surface area contributed by atoms with Gasteiger partial charge >= 0.3 is 0 Å². The van der Waals surface area contributed by atoms with Crippen LogP contribution < -0.4 is 0 Å². The van der Waals surface area contributed by atoms with E-state index in [0.29, 0.717) is 6.54 Å². The number of nitrogens with zero attached hydrogens (tertiary/aromatic N) is 5. The molecule has 0 aromatic carbocycles. The molecule has 0 amide bonds. The summed E-state index contributed by atoms with van der Waals surface area (Å²) >= 11 is 1.72. The molecule has 26 heavy (non-hydrogen) atoms. The summed E-state index contributed by atoms with van der Waals surface area (Å²) in [5, 5.41) is 16.3.